The molecule has 0 saturated carbocycles. The molecule has 1 unspecified atom stereocenters. The Hall–Kier alpha value is -2.67. The lowest BCUT2D eigenvalue weighted by Gasteiger charge is -2.26. The molecule has 0 radical (unpaired) electrons. The average molecular weight is 429 g/mol. The summed E-state index contributed by atoms with van der Waals surface area (Å²) in [5, 5.41) is 2.26. The van der Waals surface area contributed by atoms with Gasteiger partial charge in [0.1, 0.15) is 12.4 Å². The number of imide groups is 1. The number of carbonyl (C=O) groups is 3. The number of carbonyl (C=O) groups excluding carboxylic acids is 3. The van der Waals surface area contributed by atoms with Crippen LogP contribution in [0, 0.1) is 5.41 Å². The molecule has 1 heterocycles. The molecule has 1 aromatic heterocycles. The number of aromatic nitrogens is 1. The van der Waals surface area contributed by atoms with Crippen molar-refractivity contribution >= 4 is 29.9 Å². The number of hydrogen-bond acceptors (Lipinski definition) is 6. The number of nitrogens with one attached hydrogen (secondary N) is 1. The van der Waals surface area contributed by atoms with Crippen LogP contribution in [0.25, 0.3) is 0 Å². The number of rotatable bonds is 12. The van der Waals surface area contributed by atoms with E-state index in [1.807, 2.05) is 37.4 Å². The van der Waals surface area contributed by atoms with Crippen LogP contribution in [-0.4, -0.2) is 41.7 Å². The third-order valence-corrected chi connectivity index (χ3v) is 5.72. The van der Waals surface area contributed by atoms with E-state index in [2.05, 4.69) is 17.2 Å². The Kier molecular flexibility index (Phi) is 9.05. The zero-order valence-electron chi connectivity index (χ0n) is 17.6. The quantitative estimate of drug-likeness (QED) is 0.523. The number of ether oxygens (including phenoxy) is 1. The third kappa shape index (κ3) is 6.99. The molecule has 2 amide bonds. The van der Waals surface area contributed by atoms with E-state index in [9.17, 15) is 14.4 Å². The monoisotopic (exact) mass is 428 g/mol. The number of nitrogens with zero attached hydrogens (tertiary/aromatic N) is 1. The Morgan fingerprint density at radius 2 is 1.87 bits per heavy atom. The van der Waals surface area contributed by atoms with Crippen molar-refractivity contribution in [1.29, 1.82) is 0 Å². The molecule has 1 atom stereocenters. The molecule has 30 heavy (non-hydrogen) atoms. The van der Waals surface area contributed by atoms with Gasteiger partial charge in [0.15, 0.2) is 5.78 Å². The SMILES string of the molecule is CCc1ccc(CC(=O)COc2ccc(CC(C)(CSC)C(=O)NC=O)cc2)nc1. The van der Waals surface area contributed by atoms with Crippen molar-refractivity contribution in [2.24, 2.45) is 5.41 Å². The fourth-order valence-corrected chi connectivity index (χ4v) is 3.95. The number of benzene rings is 1. The lowest BCUT2D eigenvalue weighted by Crippen LogP contribution is -2.41. The third-order valence-electron chi connectivity index (χ3n) is 4.79. The summed E-state index contributed by atoms with van der Waals surface area (Å²) in [6, 6.07) is 11.2. The molecule has 6 nitrogen and oxygen atoms in total. The van der Waals surface area contributed by atoms with Gasteiger partial charge in [-0.05, 0) is 55.3 Å². The summed E-state index contributed by atoms with van der Waals surface area (Å²) >= 11 is 1.56. The molecule has 2 rings (SSSR count). The van der Waals surface area contributed by atoms with E-state index in [0.717, 1.165) is 23.2 Å². The minimum absolute atomic E-state index is 0.0253. The molecule has 1 N–H and O–H groups in total. The van der Waals surface area contributed by atoms with Crippen molar-refractivity contribution in [2.45, 2.75) is 33.1 Å². The van der Waals surface area contributed by atoms with Crippen molar-refractivity contribution in [1.82, 2.24) is 10.3 Å². The molecule has 0 spiro atoms. The zero-order valence-corrected chi connectivity index (χ0v) is 18.5. The smallest absolute Gasteiger partial charge is 0.233 e. The Bertz CT molecular complexity index is 853. The van der Waals surface area contributed by atoms with Gasteiger partial charge in [0, 0.05) is 17.6 Å². The summed E-state index contributed by atoms with van der Waals surface area (Å²) in [5.41, 5.74) is 2.13. The van der Waals surface area contributed by atoms with Gasteiger partial charge in [-0.25, -0.2) is 0 Å². The van der Waals surface area contributed by atoms with Gasteiger partial charge in [0.05, 0.1) is 11.8 Å². The van der Waals surface area contributed by atoms with E-state index < -0.39 is 5.41 Å². The summed E-state index contributed by atoms with van der Waals surface area (Å²) in [7, 11) is 0. The van der Waals surface area contributed by atoms with Gasteiger partial charge in [-0.3, -0.25) is 24.7 Å². The molecule has 0 aliphatic heterocycles. The molecule has 0 aliphatic rings. The highest BCUT2D eigenvalue weighted by Gasteiger charge is 2.32. The summed E-state index contributed by atoms with van der Waals surface area (Å²) in [4.78, 5) is 39.4. The molecule has 0 saturated heterocycles. The summed E-state index contributed by atoms with van der Waals surface area (Å²) in [6.45, 7) is 3.87. The standard InChI is InChI=1S/C23H28N2O4S/c1-4-17-5-8-19(24-13-17)11-20(27)14-29-21-9-6-18(7-10-21)12-23(2,15-30-3)22(28)25-16-26/h5-10,13,16H,4,11-12,14-15H2,1-3H3,(H,25,26,28). The minimum Gasteiger partial charge on any atom is -0.486 e. The van der Waals surface area contributed by atoms with E-state index in [-0.39, 0.29) is 24.7 Å². The molecule has 160 valence electrons. The second-order valence-electron chi connectivity index (χ2n) is 7.42. The molecule has 0 bridgehead atoms. The van der Waals surface area contributed by atoms with Crippen molar-refractivity contribution in [2.75, 3.05) is 18.6 Å². The normalized spacial score (nSPS) is 12.6. The molecular formula is C23H28N2O4S. The summed E-state index contributed by atoms with van der Waals surface area (Å²) < 4.78 is 5.60. The predicted molar refractivity (Wildman–Crippen MR) is 119 cm³/mol. The molecule has 0 aliphatic carbocycles. The molecular weight excluding hydrogens is 400 g/mol. The maximum absolute atomic E-state index is 12.3. The first-order valence-electron chi connectivity index (χ1n) is 9.81. The van der Waals surface area contributed by atoms with E-state index >= 15 is 0 Å². The van der Waals surface area contributed by atoms with Crippen LogP contribution in [0.5, 0.6) is 5.75 Å². The van der Waals surface area contributed by atoms with Gasteiger partial charge in [-0.1, -0.05) is 25.1 Å². The van der Waals surface area contributed by atoms with Gasteiger partial charge in [0.2, 0.25) is 12.3 Å². The molecule has 7 heteroatoms. The van der Waals surface area contributed by atoms with Gasteiger partial charge < -0.3 is 4.74 Å². The van der Waals surface area contributed by atoms with Crippen LogP contribution in [-0.2, 0) is 33.6 Å². The first-order chi connectivity index (χ1) is 14.4. The summed E-state index contributed by atoms with van der Waals surface area (Å²) in [6.07, 6.45) is 5.78. The van der Waals surface area contributed by atoms with Crippen LogP contribution in [0.1, 0.15) is 30.7 Å². The Balaban J connectivity index is 1.90. The van der Waals surface area contributed by atoms with Gasteiger partial charge in [-0.15, -0.1) is 0 Å². The Morgan fingerprint density at radius 1 is 1.17 bits per heavy atom. The lowest BCUT2D eigenvalue weighted by atomic mass is 9.84. The van der Waals surface area contributed by atoms with Crippen LogP contribution in [0.15, 0.2) is 42.6 Å². The Labute approximate surface area is 181 Å². The van der Waals surface area contributed by atoms with Gasteiger partial charge >= 0.3 is 0 Å². The minimum atomic E-state index is -0.695. The number of aryl methyl sites for hydroxylation is 1. The van der Waals surface area contributed by atoms with Crippen LogP contribution < -0.4 is 10.1 Å². The highest BCUT2D eigenvalue weighted by molar-refractivity contribution is 7.98. The number of amides is 2. The van der Waals surface area contributed by atoms with E-state index in [0.29, 0.717) is 24.3 Å². The van der Waals surface area contributed by atoms with Crippen molar-refractivity contribution in [3.05, 3.63) is 59.4 Å². The van der Waals surface area contributed by atoms with E-state index in [1.54, 1.807) is 30.1 Å². The first-order valence-corrected chi connectivity index (χ1v) is 11.2. The van der Waals surface area contributed by atoms with Crippen molar-refractivity contribution < 1.29 is 19.1 Å². The van der Waals surface area contributed by atoms with Crippen LogP contribution in [0.3, 0.4) is 0 Å². The number of pyridine rings is 1. The van der Waals surface area contributed by atoms with Gasteiger partial charge in [0.25, 0.3) is 0 Å². The number of Topliss-reactive ketones (excluding diaryl/α,β-unsaturated/α-hetero) is 1. The molecule has 2 aromatic rings. The first kappa shape index (κ1) is 23.6. The van der Waals surface area contributed by atoms with E-state index in [4.69, 9.17) is 4.74 Å². The predicted octanol–water partition coefficient (Wildman–Crippen LogP) is 3.02. The van der Waals surface area contributed by atoms with Crippen molar-refractivity contribution in [3.8, 4) is 5.75 Å². The number of thioether (sulfide) groups is 1. The zero-order chi connectivity index (χ0) is 22.0. The maximum Gasteiger partial charge on any atom is 0.233 e. The highest BCUT2D eigenvalue weighted by atomic mass is 32.2. The average Bonchev–Trinajstić information content (AvgIpc) is 2.74. The van der Waals surface area contributed by atoms with Crippen LogP contribution in [0.2, 0.25) is 0 Å². The highest BCUT2D eigenvalue weighted by Crippen LogP contribution is 2.27. The number of hydrogen-bond donors (Lipinski definition) is 1. The second kappa shape index (κ2) is 11.5. The van der Waals surface area contributed by atoms with Gasteiger partial charge in [-0.2, -0.15) is 11.8 Å². The summed E-state index contributed by atoms with van der Waals surface area (Å²) in [5.74, 6) is 0.838. The molecule has 0 fully saturated rings. The largest absolute Gasteiger partial charge is 0.486 e. The fraction of sp³-hybridized carbons (Fsp3) is 0.391. The maximum atomic E-state index is 12.3. The topological polar surface area (TPSA) is 85.4 Å². The number of ketones is 1. The van der Waals surface area contributed by atoms with Crippen molar-refractivity contribution in [3.63, 3.8) is 0 Å². The second-order valence-corrected chi connectivity index (χ2v) is 8.29. The Morgan fingerprint density at radius 3 is 2.43 bits per heavy atom. The lowest BCUT2D eigenvalue weighted by molar-refractivity contribution is -0.132. The van der Waals surface area contributed by atoms with Crippen LogP contribution in [0.4, 0.5) is 0 Å². The fourth-order valence-electron chi connectivity index (χ4n) is 3.08. The van der Waals surface area contributed by atoms with E-state index in [1.165, 1.54) is 0 Å². The molecule has 1 aromatic carbocycles. The van der Waals surface area contributed by atoms with Crippen LogP contribution >= 0.6 is 11.8 Å².